The lowest BCUT2D eigenvalue weighted by molar-refractivity contribution is 0.0717. The van der Waals surface area contributed by atoms with Crippen molar-refractivity contribution in [2.45, 2.75) is 32.6 Å². The topological polar surface area (TPSA) is 53.4 Å². The second kappa shape index (κ2) is 8.87. The molecular weight excluding hydrogens is 283 g/mol. The van der Waals surface area contributed by atoms with Gasteiger partial charge in [-0.15, -0.1) is 0 Å². The van der Waals surface area contributed by atoms with Crippen LogP contribution in [0.15, 0.2) is 12.3 Å². The van der Waals surface area contributed by atoms with Crippen LogP contribution in [0.3, 0.4) is 0 Å². The van der Waals surface area contributed by atoms with Crippen LogP contribution in [0.4, 0.5) is 4.39 Å². The Bertz CT molecular complexity index is 443. The average Bonchev–Trinajstić information content (AvgIpc) is 2.44. The molecule has 0 aliphatic rings. The van der Waals surface area contributed by atoms with Crippen molar-refractivity contribution in [2.75, 3.05) is 19.7 Å². The summed E-state index contributed by atoms with van der Waals surface area (Å²) in [4.78, 5) is 17.4. The van der Waals surface area contributed by atoms with Crippen LogP contribution in [0.2, 0.25) is 5.15 Å². The predicted molar refractivity (Wildman–Crippen MR) is 76.3 cm³/mol. The number of hydrogen-bond donors (Lipinski definition) is 1. The standard InChI is InChI=1S/C14H20ClFN2O2/c1-2-3-4-5-6-18(7-8-19)14(20)12-9-11(16)10-17-13(12)15/h9-10,19H,2-8H2,1H3. The third kappa shape index (κ3) is 5.06. The van der Waals surface area contributed by atoms with Crippen molar-refractivity contribution in [3.63, 3.8) is 0 Å². The SMILES string of the molecule is CCCCCCN(CCO)C(=O)c1cc(F)cnc1Cl. The van der Waals surface area contributed by atoms with E-state index in [2.05, 4.69) is 11.9 Å². The first-order valence-electron chi connectivity index (χ1n) is 6.81. The van der Waals surface area contributed by atoms with Gasteiger partial charge in [0.2, 0.25) is 0 Å². The van der Waals surface area contributed by atoms with Crippen LogP contribution >= 0.6 is 11.6 Å². The van der Waals surface area contributed by atoms with E-state index in [0.717, 1.165) is 37.9 Å². The summed E-state index contributed by atoms with van der Waals surface area (Å²) in [5.74, 6) is -1.000. The molecular formula is C14H20ClFN2O2. The average molecular weight is 303 g/mol. The number of aliphatic hydroxyl groups excluding tert-OH is 1. The molecule has 1 heterocycles. The molecule has 0 bridgehead atoms. The van der Waals surface area contributed by atoms with Gasteiger partial charge in [0.1, 0.15) is 11.0 Å². The lowest BCUT2D eigenvalue weighted by Crippen LogP contribution is -2.34. The first kappa shape index (κ1) is 16.9. The zero-order valence-corrected chi connectivity index (χ0v) is 12.4. The van der Waals surface area contributed by atoms with Crippen LogP contribution in [-0.4, -0.2) is 40.6 Å². The number of pyridine rings is 1. The number of hydrogen-bond acceptors (Lipinski definition) is 3. The summed E-state index contributed by atoms with van der Waals surface area (Å²) >= 11 is 5.83. The first-order valence-corrected chi connectivity index (χ1v) is 7.19. The number of aromatic nitrogens is 1. The van der Waals surface area contributed by atoms with Gasteiger partial charge < -0.3 is 10.0 Å². The van der Waals surface area contributed by atoms with Gasteiger partial charge in [0.05, 0.1) is 18.4 Å². The maximum atomic E-state index is 13.2. The van der Waals surface area contributed by atoms with Crippen molar-refractivity contribution >= 4 is 17.5 Å². The smallest absolute Gasteiger partial charge is 0.257 e. The number of nitrogens with zero attached hydrogens (tertiary/aromatic N) is 2. The predicted octanol–water partition coefficient (Wildman–Crippen LogP) is 2.89. The molecule has 0 atom stereocenters. The van der Waals surface area contributed by atoms with Gasteiger partial charge in [0.25, 0.3) is 5.91 Å². The van der Waals surface area contributed by atoms with Gasteiger partial charge in [0.15, 0.2) is 0 Å². The van der Waals surface area contributed by atoms with Crippen molar-refractivity contribution in [3.05, 3.63) is 28.8 Å². The Morgan fingerprint density at radius 1 is 1.40 bits per heavy atom. The Morgan fingerprint density at radius 3 is 2.80 bits per heavy atom. The fraction of sp³-hybridized carbons (Fsp3) is 0.571. The maximum Gasteiger partial charge on any atom is 0.257 e. The second-order valence-electron chi connectivity index (χ2n) is 4.57. The summed E-state index contributed by atoms with van der Waals surface area (Å²) < 4.78 is 13.2. The molecule has 0 radical (unpaired) electrons. The first-order chi connectivity index (χ1) is 9.60. The summed E-state index contributed by atoms with van der Waals surface area (Å²) in [6.45, 7) is 2.69. The molecule has 4 nitrogen and oxygen atoms in total. The zero-order chi connectivity index (χ0) is 15.0. The fourth-order valence-corrected chi connectivity index (χ4v) is 2.09. The Morgan fingerprint density at radius 2 is 2.15 bits per heavy atom. The molecule has 112 valence electrons. The number of rotatable bonds is 8. The van der Waals surface area contributed by atoms with Crippen LogP contribution in [0.1, 0.15) is 43.0 Å². The van der Waals surface area contributed by atoms with Gasteiger partial charge in [-0.3, -0.25) is 4.79 Å². The van der Waals surface area contributed by atoms with Crippen molar-refractivity contribution in [2.24, 2.45) is 0 Å². The number of amides is 1. The molecule has 0 unspecified atom stereocenters. The summed E-state index contributed by atoms with van der Waals surface area (Å²) in [5, 5.41) is 9.02. The molecule has 1 rings (SSSR count). The van der Waals surface area contributed by atoms with Gasteiger partial charge in [-0.1, -0.05) is 37.8 Å². The third-order valence-electron chi connectivity index (χ3n) is 2.97. The molecule has 0 aliphatic carbocycles. The van der Waals surface area contributed by atoms with Crippen LogP contribution in [0.5, 0.6) is 0 Å². The lowest BCUT2D eigenvalue weighted by Gasteiger charge is -2.22. The highest BCUT2D eigenvalue weighted by molar-refractivity contribution is 6.32. The van der Waals surface area contributed by atoms with Gasteiger partial charge in [0, 0.05) is 13.1 Å². The highest BCUT2D eigenvalue weighted by Crippen LogP contribution is 2.16. The number of unbranched alkanes of at least 4 members (excludes halogenated alkanes) is 3. The Labute approximate surface area is 123 Å². The van der Waals surface area contributed by atoms with Crippen LogP contribution in [0, 0.1) is 5.82 Å². The van der Waals surface area contributed by atoms with E-state index in [-0.39, 0.29) is 23.9 Å². The van der Waals surface area contributed by atoms with E-state index in [1.165, 1.54) is 4.90 Å². The van der Waals surface area contributed by atoms with Crippen LogP contribution < -0.4 is 0 Å². The highest BCUT2D eigenvalue weighted by Gasteiger charge is 2.19. The molecule has 0 fully saturated rings. The van der Waals surface area contributed by atoms with E-state index < -0.39 is 11.7 Å². The molecule has 0 spiro atoms. The van der Waals surface area contributed by atoms with E-state index in [1.54, 1.807) is 0 Å². The van der Waals surface area contributed by atoms with E-state index in [0.29, 0.717) is 6.54 Å². The van der Waals surface area contributed by atoms with E-state index >= 15 is 0 Å². The van der Waals surface area contributed by atoms with E-state index in [9.17, 15) is 9.18 Å². The monoisotopic (exact) mass is 302 g/mol. The fourth-order valence-electron chi connectivity index (χ4n) is 1.91. The third-order valence-corrected chi connectivity index (χ3v) is 3.28. The molecule has 1 N–H and O–H groups in total. The van der Waals surface area contributed by atoms with Gasteiger partial charge in [-0.05, 0) is 12.5 Å². The normalized spacial score (nSPS) is 10.6. The van der Waals surface area contributed by atoms with Crippen LogP contribution in [-0.2, 0) is 0 Å². The molecule has 20 heavy (non-hydrogen) atoms. The van der Waals surface area contributed by atoms with Crippen molar-refractivity contribution < 1.29 is 14.3 Å². The van der Waals surface area contributed by atoms with Gasteiger partial charge in [-0.2, -0.15) is 0 Å². The summed E-state index contributed by atoms with van der Waals surface area (Å²) in [6, 6.07) is 1.08. The van der Waals surface area contributed by atoms with Crippen molar-refractivity contribution in [3.8, 4) is 0 Å². The van der Waals surface area contributed by atoms with Crippen molar-refractivity contribution in [1.82, 2.24) is 9.88 Å². The summed E-state index contributed by atoms with van der Waals surface area (Å²) in [6.07, 6.45) is 5.04. The highest BCUT2D eigenvalue weighted by atomic mass is 35.5. The molecule has 1 amide bonds. The molecule has 0 saturated heterocycles. The Balaban J connectivity index is 2.74. The summed E-state index contributed by atoms with van der Waals surface area (Å²) in [7, 11) is 0. The molecule has 1 aromatic rings. The van der Waals surface area contributed by atoms with Crippen molar-refractivity contribution in [1.29, 1.82) is 0 Å². The number of halogens is 2. The van der Waals surface area contributed by atoms with Gasteiger partial charge in [-0.25, -0.2) is 9.37 Å². The minimum Gasteiger partial charge on any atom is -0.395 e. The lowest BCUT2D eigenvalue weighted by atomic mass is 10.2. The number of carbonyl (C=O) groups is 1. The molecule has 0 aliphatic heterocycles. The quantitative estimate of drug-likeness (QED) is 0.593. The second-order valence-corrected chi connectivity index (χ2v) is 4.93. The number of carbonyl (C=O) groups excluding carboxylic acids is 1. The Hall–Kier alpha value is -1.20. The minimum absolute atomic E-state index is 0.0205. The molecule has 1 aromatic heterocycles. The zero-order valence-electron chi connectivity index (χ0n) is 11.6. The van der Waals surface area contributed by atoms with E-state index in [1.807, 2.05) is 0 Å². The maximum absolute atomic E-state index is 13.2. The number of aliphatic hydroxyl groups is 1. The van der Waals surface area contributed by atoms with Crippen LogP contribution in [0.25, 0.3) is 0 Å². The van der Waals surface area contributed by atoms with E-state index in [4.69, 9.17) is 16.7 Å². The summed E-state index contributed by atoms with van der Waals surface area (Å²) in [5.41, 5.74) is 0.0376. The molecule has 0 saturated carbocycles. The molecule has 6 heteroatoms. The Kier molecular flexibility index (Phi) is 7.47. The largest absolute Gasteiger partial charge is 0.395 e. The molecule has 0 aromatic carbocycles. The van der Waals surface area contributed by atoms with Gasteiger partial charge >= 0.3 is 0 Å². The minimum atomic E-state index is -0.604.